The Kier molecular flexibility index (Phi) is 8.00. The zero-order valence-electron chi connectivity index (χ0n) is 13.0. The smallest absolute Gasteiger partial charge is 0.445 e. The van der Waals surface area contributed by atoms with Gasteiger partial charge in [0.1, 0.15) is 5.60 Å². The number of amides is 1. The van der Waals surface area contributed by atoms with Gasteiger partial charge in [-0.1, -0.05) is 23.8 Å². The van der Waals surface area contributed by atoms with Gasteiger partial charge in [-0.15, -0.1) is 5.46 Å². The van der Waals surface area contributed by atoms with Crippen molar-refractivity contribution < 1.29 is 73.9 Å². The predicted molar refractivity (Wildman–Crippen MR) is 73.0 cm³/mol. The van der Waals surface area contributed by atoms with Gasteiger partial charge in [0.05, 0.1) is 0 Å². The molecule has 21 heavy (non-hydrogen) atoms. The third-order valence-corrected chi connectivity index (χ3v) is 2.53. The minimum atomic E-state index is -5.05. The molecule has 0 aliphatic rings. The maximum atomic E-state index is 12.8. The van der Waals surface area contributed by atoms with Gasteiger partial charge in [-0.05, 0) is 33.3 Å². The van der Waals surface area contributed by atoms with E-state index in [0.717, 1.165) is 6.07 Å². The quantitative estimate of drug-likeness (QED) is 0.799. The maximum Gasteiger partial charge on any atom is 1.00 e. The summed E-state index contributed by atoms with van der Waals surface area (Å²) in [6.07, 6.45) is -0.655. The van der Waals surface area contributed by atoms with Crippen LogP contribution < -0.4 is 62.2 Å². The van der Waals surface area contributed by atoms with Crippen molar-refractivity contribution in [3.63, 3.8) is 0 Å². The fourth-order valence-corrected chi connectivity index (χ4v) is 1.64. The Hall–Kier alpha value is -0.0187. The summed E-state index contributed by atoms with van der Waals surface area (Å²) >= 11 is 0. The van der Waals surface area contributed by atoms with E-state index < -0.39 is 24.1 Å². The molecule has 0 aromatic heterocycles. The predicted octanol–water partition coefficient (Wildman–Crippen LogP) is 0.0781. The largest absolute Gasteiger partial charge is 1.00 e. The summed E-state index contributed by atoms with van der Waals surface area (Å²) in [7, 11) is 0. The first-order chi connectivity index (χ1) is 8.99. The number of halogens is 3. The second-order valence-corrected chi connectivity index (χ2v) is 5.62. The van der Waals surface area contributed by atoms with Gasteiger partial charge in [-0.25, -0.2) is 4.79 Å². The van der Waals surface area contributed by atoms with E-state index in [2.05, 4.69) is 5.32 Å². The molecule has 0 bridgehead atoms. The molecule has 0 fully saturated rings. The number of aryl methyl sites for hydroxylation is 1. The van der Waals surface area contributed by atoms with E-state index in [0.29, 0.717) is 5.56 Å². The van der Waals surface area contributed by atoms with Crippen molar-refractivity contribution in [2.24, 2.45) is 0 Å². The molecule has 1 amide bonds. The van der Waals surface area contributed by atoms with E-state index in [-0.39, 0.29) is 63.5 Å². The van der Waals surface area contributed by atoms with Gasteiger partial charge in [-0.3, -0.25) is 0 Å². The zero-order chi connectivity index (χ0) is 15.6. The number of alkyl carbamates (subject to hydrolysis) is 1. The van der Waals surface area contributed by atoms with Crippen molar-refractivity contribution in [2.45, 2.75) is 39.8 Å². The van der Waals surface area contributed by atoms with E-state index in [1.165, 1.54) is 13.0 Å². The Bertz CT molecular complexity index is 501. The minimum Gasteiger partial charge on any atom is -0.445 e. The second kappa shape index (κ2) is 8.01. The summed E-state index contributed by atoms with van der Waals surface area (Å²) in [6, 6.07) is 4.02. The summed E-state index contributed by atoms with van der Waals surface area (Å²) in [5.74, 6) is 0. The molecule has 1 aromatic rings. The number of benzene rings is 1. The normalized spacial score (nSPS) is 11.6. The van der Waals surface area contributed by atoms with Crippen molar-refractivity contribution in [2.75, 3.05) is 0 Å². The summed E-state index contributed by atoms with van der Waals surface area (Å²) in [4.78, 5) is 11.4. The van der Waals surface area contributed by atoms with Crippen LogP contribution in [0.5, 0.6) is 0 Å². The average molecular weight is 327 g/mol. The van der Waals surface area contributed by atoms with Gasteiger partial charge in [0, 0.05) is 6.54 Å². The Morgan fingerprint density at radius 2 is 1.86 bits per heavy atom. The number of hydrogen-bond donors (Lipinski definition) is 1. The molecular weight excluding hydrogens is 309 g/mol. The SMILES string of the molecule is Cc1ccc(CNC(=O)OC(C)(C)C)cc1[B-](F)(F)F.[K+]. The molecule has 0 aliphatic carbocycles. The summed E-state index contributed by atoms with van der Waals surface area (Å²) in [5.41, 5.74) is -0.708. The molecule has 1 aromatic carbocycles. The van der Waals surface area contributed by atoms with Crippen LogP contribution in [0.4, 0.5) is 17.7 Å². The monoisotopic (exact) mass is 327 g/mol. The Labute approximate surface area is 165 Å². The molecule has 0 spiro atoms. The average Bonchev–Trinajstić information content (AvgIpc) is 2.24. The van der Waals surface area contributed by atoms with Gasteiger partial charge in [-0.2, -0.15) is 0 Å². The van der Waals surface area contributed by atoms with E-state index in [1.807, 2.05) is 0 Å². The van der Waals surface area contributed by atoms with E-state index in [4.69, 9.17) is 4.74 Å². The molecule has 0 aliphatic heterocycles. The fraction of sp³-hybridized carbons (Fsp3) is 0.462. The second-order valence-electron chi connectivity index (χ2n) is 5.62. The van der Waals surface area contributed by atoms with Crippen LogP contribution in [0.1, 0.15) is 31.9 Å². The number of ether oxygens (including phenoxy) is 1. The molecule has 3 nitrogen and oxygen atoms in total. The van der Waals surface area contributed by atoms with Crippen molar-refractivity contribution in [1.82, 2.24) is 5.32 Å². The summed E-state index contributed by atoms with van der Waals surface area (Å²) in [6.45, 7) is 1.49. The zero-order valence-corrected chi connectivity index (χ0v) is 16.1. The molecule has 0 unspecified atom stereocenters. The third kappa shape index (κ3) is 7.69. The van der Waals surface area contributed by atoms with Crippen LogP contribution in [-0.4, -0.2) is 18.7 Å². The first kappa shape index (κ1) is 21.0. The third-order valence-electron chi connectivity index (χ3n) is 2.53. The Morgan fingerprint density at radius 1 is 1.29 bits per heavy atom. The van der Waals surface area contributed by atoms with E-state index >= 15 is 0 Å². The molecule has 1 rings (SSSR count). The van der Waals surface area contributed by atoms with E-state index in [1.54, 1.807) is 26.8 Å². The molecule has 0 saturated heterocycles. The Morgan fingerprint density at radius 3 is 2.33 bits per heavy atom. The van der Waals surface area contributed by atoms with E-state index in [9.17, 15) is 17.7 Å². The first-order valence-electron chi connectivity index (χ1n) is 6.25. The maximum absolute atomic E-state index is 12.8. The number of carbonyl (C=O) groups is 1. The number of carbonyl (C=O) groups excluding carboxylic acids is 1. The minimum absolute atomic E-state index is 0. The van der Waals surface area contributed by atoms with Crippen LogP contribution in [0.2, 0.25) is 0 Å². The summed E-state index contributed by atoms with van der Waals surface area (Å²) < 4.78 is 43.4. The van der Waals surface area contributed by atoms with Gasteiger partial charge in [0.2, 0.25) is 0 Å². The van der Waals surface area contributed by atoms with Crippen LogP contribution in [-0.2, 0) is 11.3 Å². The topological polar surface area (TPSA) is 38.3 Å². The molecule has 112 valence electrons. The van der Waals surface area contributed by atoms with Gasteiger partial charge < -0.3 is 23.0 Å². The number of nitrogens with one attached hydrogen (secondary N) is 1. The summed E-state index contributed by atoms with van der Waals surface area (Å²) in [5, 5.41) is 2.43. The van der Waals surface area contributed by atoms with Gasteiger partial charge in [0.25, 0.3) is 0 Å². The molecular formula is C13H18BF3KNO2. The van der Waals surface area contributed by atoms with Crippen molar-refractivity contribution >= 4 is 18.5 Å². The molecule has 0 heterocycles. The standard InChI is InChI=1S/C13H18BF3NO2.K/c1-9-5-6-10(7-11(9)14(15,16)17)8-18-12(19)20-13(2,3)4;/h5-7H,8H2,1-4H3,(H,18,19);/q-1;+1. The molecule has 0 radical (unpaired) electrons. The van der Waals surface area contributed by atoms with Crippen LogP contribution in [0.3, 0.4) is 0 Å². The van der Waals surface area contributed by atoms with Gasteiger partial charge in [0.15, 0.2) is 0 Å². The van der Waals surface area contributed by atoms with Gasteiger partial charge >= 0.3 is 64.5 Å². The van der Waals surface area contributed by atoms with Crippen molar-refractivity contribution in [3.8, 4) is 0 Å². The molecule has 0 atom stereocenters. The van der Waals surface area contributed by atoms with Crippen LogP contribution >= 0.6 is 0 Å². The number of rotatable bonds is 3. The fourth-order valence-electron chi connectivity index (χ4n) is 1.64. The molecule has 1 N–H and O–H groups in total. The Balaban J connectivity index is 0.00000400. The van der Waals surface area contributed by atoms with Crippen LogP contribution in [0, 0.1) is 6.92 Å². The molecule has 0 saturated carbocycles. The molecule has 8 heteroatoms. The van der Waals surface area contributed by atoms with Crippen molar-refractivity contribution in [3.05, 3.63) is 29.3 Å². The first-order valence-corrected chi connectivity index (χ1v) is 6.25. The van der Waals surface area contributed by atoms with Crippen molar-refractivity contribution in [1.29, 1.82) is 0 Å². The number of hydrogen-bond acceptors (Lipinski definition) is 2. The van der Waals surface area contributed by atoms with Crippen LogP contribution in [0.15, 0.2) is 18.2 Å². The van der Waals surface area contributed by atoms with Crippen LogP contribution in [0.25, 0.3) is 0 Å².